The van der Waals surface area contributed by atoms with Crippen molar-refractivity contribution >= 4 is 52.2 Å². The first-order valence-electron chi connectivity index (χ1n) is 11.6. The number of para-hydroxylation sites is 2. The number of carbonyl (C=O) groups is 2. The second-order valence-electron chi connectivity index (χ2n) is 8.27. The van der Waals surface area contributed by atoms with Gasteiger partial charge < -0.3 is 31.1 Å². The summed E-state index contributed by atoms with van der Waals surface area (Å²) < 4.78 is 0. The molecule has 0 bridgehead atoms. The third-order valence-corrected chi connectivity index (χ3v) is 5.82. The highest BCUT2D eigenvalue weighted by Gasteiger charge is 2.30. The van der Waals surface area contributed by atoms with Gasteiger partial charge in [-0.05, 0) is 49.2 Å². The number of halogens is 1. The fourth-order valence-electron chi connectivity index (χ4n) is 3.49. The highest BCUT2D eigenvalue weighted by Crippen LogP contribution is 2.33. The number of anilines is 5. The predicted octanol–water partition coefficient (Wildman–Crippen LogP) is 3.39. The zero-order chi connectivity index (χ0) is 25.5. The van der Waals surface area contributed by atoms with E-state index in [-0.39, 0.29) is 50.0 Å². The van der Waals surface area contributed by atoms with E-state index in [9.17, 15) is 9.59 Å². The second kappa shape index (κ2) is 11.8. The Kier molecular flexibility index (Phi) is 8.32. The molecule has 188 valence electrons. The lowest BCUT2D eigenvalue weighted by Gasteiger charge is -2.20. The Morgan fingerprint density at radius 3 is 2.28 bits per heavy atom. The van der Waals surface area contributed by atoms with Gasteiger partial charge in [0.25, 0.3) is 5.91 Å². The monoisotopic (exact) mass is 510 g/mol. The number of nitrogens with one attached hydrogen (secondary N) is 3. The van der Waals surface area contributed by atoms with Crippen LogP contribution in [0.3, 0.4) is 0 Å². The lowest BCUT2D eigenvalue weighted by molar-refractivity contribution is -0.117. The molecular formula is C25H27ClN6O4. The van der Waals surface area contributed by atoms with Crippen molar-refractivity contribution < 1.29 is 19.8 Å². The van der Waals surface area contributed by atoms with Crippen LogP contribution in [0.2, 0.25) is 5.02 Å². The number of rotatable bonds is 11. The van der Waals surface area contributed by atoms with E-state index in [4.69, 9.17) is 21.8 Å². The maximum Gasteiger partial charge on any atom is 0.254 e. The van der Waals surface area contributed by atoms with Crippen molar-refractivity contribution in [1.29, 1.82) is 0 Å². The average Bonchev–Trinajstić information content (AvgIpc) is 3.73. The van der Waals surface area contributed by atoms with Crippen molar-refractivity contribution in [2.45, 2.75) is 12.8 Å². The van der Waals surface area contributed by atoms with Crippen LogP contribution in [0.5, 0.6) is 0 Å². The number of nitrogens with zero attached hydrogens (tertiary/aromatic N) is 3. The van der Waals surface area contributed by atoms with Gasteiger partial charge in [0.05, 0.1) is 30.8 Å². The van der Waals surface area contributed by atoms with Gasteiger partial charge in [0, 0.05) is 30.3 Å². The number of carbonyl (C=O) groups excluding carboxylic acids is 2. The average molecular weight is 511 g/mol. The van der Waals surface area contributed by atoms with Gasteiger partial charge in [0.1, 0.15) is 5.02 Å². The molecule has 1 aliphatic rings. The van der Waals surface area contributed by atoms with Crippen molar-refractivity contribution in [3.63, 3.8) is 0 Å². The summed E-state index contributed by atoms with van der Waals surface area (Å²) in [7, 11) is 0. The van der Waals surface area contributed by atoms with Gasteiger partial charge in [-0.2, -0.15) is 4.98 Å². The van der Waals surface area contributed by atoms with E-state index in [1.54, 1.807) is 24.3 Å². The Hall–Kier alpha value is -3.73. The number of hydrogen-bond donors (Lipinski definition) is 5. The van der Waals surface area contributed by atoms with Gasteiger partial charge in [-0.3, -0.25) is 9.59 Å². The van der Waals surface area contributed by atoms with Crippen LogP contribution in [-0.2, 0) is 4.79 Å². The topological polar surface area (TPSA) is 140 Å². The first-order valence-corrected chi connectivity index (χ1v) is 11.9. The minimum atomic E-state index is -0.286. The summed E-state index contributed by atoms with van der Waals surface area (Å²) in [5.74, 6) is 0.426. The molecule has 0 saturated heterocycles. The summed E-state index contributed by atoms with van der Waals surface area (Å²) in [4.78, 5) is 34.9. The SMILES string of the molecule is O=C(Nc1ccccc1Nc1nc(Nc2ccc(C(=O)N(CCO)CCO)cc2)ncc1Cl)C1CC1. The summed E-state index contributed by atoms with van der Waals surface area (Å²) in [5.41, 5.74) is 2.35. The maximum atomic E-state index is 12.6. The standard InChI is InChI=1S/C25H27ClN6O4/c26-19-15-27-25(28-18-9-7-17(8-10-18)24(36)32(11-13-33)12-14-34)31-22(19)29-20-3-1-2-4-21(20)30-23(35)16-5-6-16/h1-4,7-10,15-16,33-34H,5-6,11-14H2,(H,30,35)(H2,27,28,29,31). The lowest BCUT2D eigenvalue weighted by Crippen LogP contribution is -2.35. The molecule has 3 aromatic rings. The Labute approximate surface area is 213 Å². The van der Waals surface area contributed by atoms with E-state index in [0.717, 1.165) is 12.8 Å². The Morgan fingerprint density at radius 2 is 1.64 bits per heavy atom. The fraction of sp³-hybridized carbons (Fsp3) is 0.280. The molecule has 1 saturated carbocycles. The van der Waals surface area contributed by atoms with Crippen LogP contribution in [0, 0.1) is 5.92 Å². The molecule has 1 fully saturated rings. The highest BCUT2D eigenvalue weighted by molar-refractivity contribution is 6.33. The highest BCUT2D eigenvalue weighted by atomic mass is 35.5. The van der Waals surface area contributed by atoms with Crippen molar-refractivity contribution in [3.05, 3.63) is 65.3 Å². The van der Waals surface area contributed by atoms with Gasteiger partial charge in [0.15, 0.2) is 5.82 Å². The molecule has 11 heteroatoms. The zero-order valence-electron chi connectivity index (χ0n) is 19.4. The molecule has 0 atom stereocenters. The Bertz CT molecular complexity index is 1210. The number of aromatic nitrogens is 2. The molecule has 2 aromatic carbocycles. The van der Waals surface area contributed by atoms with Crippen molar-refractivity contribution in [1.82, 2.24) is 14.9 Å². The Balaban J connectivity index is 1.46. The molecule has 1 aromatic heterocycles. The number of amides is 2. The summed E-state index contributed by atoms with van der Waals surface area (Å²) in [6, 6.07) is 14.0. The molecule has 0 aliphatic heterocycles. The van der Waals surface area contributed by atoms with E-state index in [0.29, 0.717) is 33.5 Å². The molecular weight excluding hydrogens is 484 g/mol. The van der Waals surface area contributed by atoms with Gasteiger partial charge in [-0.15, -0.1) is 0 Å². The summed E-state index contributed by atoms with van der Waals surface area (Å²) in [6.45, 7) is -0.0949. The van der Waals surface area contributed by atoms with Crippen LogP contribution in [0.4, 0.5) is 28.8 Å². The molecule has 5 N–H and O–H groups in total. The molecule has 36 heavy (non-hydrogen) atoms. The summed E-state index contributed by atoms with van der Waals surface area (Å²) >= 11 is 6.32. The normalized spacial score (nSPS) is 12.6. The maximum absolute atomic E-state index is 12.6. The van der Waals surface area contributed by atoms with E-state index in [1.165, 1.54) is 11.1 Å². The van der Waals surface area contributed by atoms with Crippen LogP contribution in [0.1, 0.15) is 23.2 Å². The van der Waals surface area contributed by atoms with Crippen LogP contribution >= 0.6 is 11.6 Å². The molecule has 0 unspecified atom stereocenters. The first kappa shape index (κ1) is 25.4. The molecule has 0 radical (unpaired) electrons. The molecule has 1 heterocycles. The van der Waals surface area contributed by atoms with Crippen molar-refractivity contribution in [2.75, 3.05) is 42.3 Å². The quantitative estimate of drug-likeness (QED) is 0.264. The fourth-order valence-corrected chi connectivity index (χ4v) is 3.63. The van der Waals surface area contributed by atoms with E-state index in [1.807, 2.05) is 24.3 Å². The largest absolute Gasteiger partial charge is 0.395 e. The van der Waals surface area contributed by atoms with Gasteiger partial charge in [-0.1, -0.05) is 23.7 Å². The van der Waals surface area contributed by atoms with Crippen LogP contribution < -0.4 is 16.0 Å². The molecule has 4 rings (SSSR count). The van der Waals surface area contributed by atoms with Crippen LogP contribution in [0.15, 0.2) is 54.7 Å². The Morgan fingerprint density at radius 1 is 0.972 bits per heavy atom. The number of aliphatic hydroxyl groups is 2. The molecule has 10 nitrogen and oxygen atoms in total. The van der Waals surface area contributed by atoms with Gasteiger partial charge >= 0.3 is 0 Å². The van der Waals surface area contributed by atoms with E-state index in [2.05, 4.69) is 25.9 Å². The number of hydrogen-bond acceptors (Lipinski definition) is 8. The number of aliphatic hydroxyl groups excluding tert-OH is 2. The lowest BCUT2D eigenvalue weighted by atomic mass is 10.2. The second-order valence-corrected chi connectivity index (χ2v) is 8.67. The zero-order valence-corrected chi connectivity index (χ0v) is 20.2. The predicted molar refractivity (Wildman–Crippen MR) is 138 cm³/mol. The minimum absolute atomic E-state index is 0.00170. The first-order chi connectivity index (χ1) is 17.5. The summed E-state index contributed by atoms with van der Waals surface area (Å²) in [5, 5.41) is 27.8. The third-order valence-electron chi connectivity index (χ3n) is 5.55. The summed E-state index contributed by atoms with van der Waals surface area (Å²) in [6.07, 6.45) is 3.28. The van der Waals surface area contributed by atoms with Crippen molar-refractivity contribution in [2.24, 2.45) is 5.92 Å². The molecule has 2 amide bonds. The van der Waals surface area contributed by atoms with E-state index >= 15 is 0 Å². The minimum Gasteiger partial charge on any atom is -0.395 e. The van der Waals surface area contributed by atoms with Gasteiger partial charge in [-0.25, -0.2) is 4.98 Å². The smallest absolute Gasteiger partial charge is 0.254 e. The number of benzene rings is 2. The van der Waals surface area contributed by atoms with Gasteiger partial charge in [0.2, 0.25) is 11.9 Å². The third kappa shape index (κ3) is 6.48. The molecule has 1 aliphatic carbocycles. The molecule has 0 spiro atoms. The van der Waals surface area contributed by atoms with Crippen molar-refractivity contribution in [3.8, 4) is 0 Å². The van der Waals surface area contributed by atoms with Crippen LogP contribution in [0.25, 0.3) is 0 Å². The van der Waals surface area contributed by atoms with Crippen LogP contribution in [-0.4, -0.2) is 63.2 Å². The van der Waals surface area contributed by atoms with E-state index < -0.39 is 0 Å².